The van der Waals surface area contributed by atoms with Crippen molar-refractivity contribution in [3.63, 3.8) is 0 Å². The third-order valence-electron chi connectivity index (χ3n) is 1.20. The van der Waals surface area contributed by atoms with Gasteiger partial charge in [-0.05, 0) is 12.1 Å². The van der Waals surface area contributed by atoms with Crippen LogP contribution in [0.4, 0.5) is 0 Å². The zero-order chi connectivity index (χ0) is 8.27. The highest BCUT2D eigenvalue weighted by atomic mass is 16.8. The third kappa shape index (κ3) is 1.61. The first-order valence-corrected chi connectivity index (χ1v) is 2.97. The summed E-state index contributed by atoms with van der Waals surface area (Å²) < 4.78 is 0. The predicted octanol–water partition coefficient (Wildman–Crippen LogP) is 0.999. The lowest BCUT2D eigenvalue weighted by Crippen LogP contribution is -2.10. The van der Waals surface area contributed by atoms with Crippen LogP contribution in [0.5, 0.6) is 0 Å². The summed E-state index contributed by atoms with van der Waals surface area (Å²) in [5, 5.41) is 28.9. The highest BCUT2D eigenvalue weighted by molar-refractivity contribution is 5.88. The van der Waals surface area contributed by atoms with Gasteiger partial charge < -0.3 is 15.5 Å². The lowest BCUT2D eigenvalue weighted by molar-refractivity contribution is -0.388. The minimum Gasteiger partial charge on any atom is -0.610 e. The molecule has 1 aromatic carbocycles. The first-order chi connectivity index (χ1) is 5.22. The van der Waals surface area contributed by atoms with Gasteiger partial charge in [0.25, 0.3) is 0 Å². The van der Waals surface area contributed by atoms with Crippen molar-refractivity contribution >= 4 is 5.90 Å². The summed E-state index contributed by atoms with van der Waals surface area (Å²) >= 11 is 0. The van der Waals surface area contributed by atoms with Crippen molar-refractivity contribution in [2.45, 2.75) is 0 Å². The van der Waals surface area contributed by atoms with Crippen LogP contribution in [0, 0.1) is 10.4 Å². The van der Waals surface area contributed by atoms with Gasteiger partial charge in [0.05, 0.1) is 5.56 Å². The van der Waals surface area contributed by atoms with Crippen molar-refractivity contribution in [3.05, 3.63) is 46.3 Å². The van der Waals surface area contributed by atoms with Crippen LogP contribution in [-0.4, -0.2) is 15.9 Å². The monoisotopic (exact) mass is 152 g/mol. The molecule has 0 amide bonds. The van der Waals surface area contributed by atoms with Crippen molar-refractivity contribution < 1.29 is 10.0 Å². The molecule has 0 aliphatic rings. The average Bonchev–Trinajstić information content (AvgIpc) is 2.05. The minimum absolute atomic E-state index is 0.220. The molecule has 1 rings (SSSR count). The van der Waals surface area contributed by atoms with E-state index in [2.05, 4.69) is 0 Å². The topological polar surface area (TPSA) is 69.4 Å². The van der Waals surface area contributed by atoms with Gasteiger partial charge in [0.15, 0.2) is 0 Å². The fraction of sp³-hybridized carbons (Fsp3) is 0. The Kier molecular flexibility index (Phi) is 1.96. The van der Waals surface area contributed by atoms with E-state index in [4.69, 9.17) is 5.11 Å². The van der Waals surface area contributed by atoms with Crippen LogP contribution >= 0.6 is 0 Å². The molecule has 11 heavy (non-hydrogen) atoms. The number of benzene rings is 1. The molecule has 0 aromatic heterocycles. The first kappa shape index (κ1) is 7.40. The zero-order valence-electron chi connectivity index (χ0n) is 5.60. The second kappa shape index (κ2) is 2.92. The Morgan fingerprint density at radius 1 is 1.18 bits per heavy atom. The molecule has 1 aromatic rings. The van der Waals surface area contributed by atoms with Gasteiger partial charge in [-0.3, -0.25) is 0 Å². The van der Waals surface area contributed by atoms with E-state index < -0.39 is 10.8 Å². The van der Waals surface area contributed by atoms with Gasteiger partial charge in [-0.25, -0.2) is 0 Å². The zero-order valence-corrected chi connectivity index (χ0v) is 5.60. The highest BCUT2D eigenvalue weighted by Crippen LogP contribution is 1.97. The molecule has 0 radical (unpaired) electrons. The van der Waals surface area contributed by atoms with Crippen molar-refractivity contribution in [3.8, 4) is 0 Å². The van der Waals surface area contributed by atoms with Crippen molar-refractivity contribution in [2.24, 2.45) is 0 Å². The van der Waals surface area contributed by atoms with Crippen LogP contribution in [0.1, 0.15) is 5.56 Å². The predicted molar refractivity (Wildman–Crippen MR) is 40.2 cm³/mol. The number of aliphatic hydroxyl groups is 1. The molecule has 0 heterocycles. The van der Waals surface area contributed by atoms with Gasteiger partial charge in [0, 0.05) is 0 Å². The molecular formula is C7H6NO3-. The van der Waals surface area contributed by atoms with Gasteiger partial charge in [0.2, 0.25) is 0 Å². The fourth-order valence-electron chi connectivity index (χ4n) is 0.693. The molecule has 0 aliphatic carbocycles. The summed E-state index contributed by atoms with van der Waals surface area (Å²) in [5.41, 5.74) is 0.220. The van der Waals surface area contributed by atoms with Crippen molar-refractivity contribution in [1.29, 1.82) is 0 Å². The molecular weight excluding hydrogens is 146 g/mol. The maximum absolute atomic E-state index is 10.0. The maximum Gasteiger partial charge on any atom is 0.390 e. The number of aliphatic hydroxyl groups excluding tert-OH is 1. The van der Waals surface area contributed by atoms with Crippen LogP contribution in [-0.2, 0) is 0 Å². The van der Waals surface area contributed by atoms with Crippen molar-refractivity contribution in [2.75, 3.05) is 0 Å². The molecule has 58 valence electrons. The average molecular weight is 152 g/mol. The molecule has 0 saturated heterocycles. The van der Waals surface area contributed by atoms with Crippen LogP contribution in [0.25, 0.3) is 0 Å². The maximum atomic E-state index is 10.0. The molecule has 1 N–H and O–H groups in total. The summed E-state index contributed by atoms with van der Waals surface area (Å²) in [5.74, 6) is -0.814. The molecule has 0 saturated carbocycles. The van der Waals surface area contributed by atoms with Crippen LogP contribution < -0.4 is 0 Å². The summed E-state index contributed by atoms with van der Waals surface area (Å²) in [6.07, 6.45) is 0. The van der Waals surface area contributed by atoms with Gasteiger partial charge >= 0.3 is 5.90 Å². The van der Waals surface area contributed by atoms with E-state index in [-0.39, 0.29) is 5.56 Å². The van der Waals surface area contributed by atoms with Gasteiger partial charge in [-0.2, -0.15) is 0 Å². The number of hydrogen-bond acceptors (Lipinski definition) is 2. The van der Waals surface area contributed by atoms with E-state index in [1.165, 1.54) is 12.1 Å². The first-order valence-electron chi connectivity index (χ1n) is 2.97. The summed E-state index contributed by atoms with van der Waals surface area (Å²) in [6, 6.07) is 7.90. The van der Waals surface area contributed by atoms with Gasteiger partial charge in [0.1, 0.15) is 0 Å². The Labute approximate surface area is 63.2 Å². The Morgan fingerprint density at radius 3 is 2.18 bits per heavy atom. The van der Waals surface area contributed by atoms with Crippen molar-refractivity contribution in [1.82, 2.24) is 0 Å². The quantitative estimate of drug-likeness (QED) is 0.282. The largest absolute Gasteiger partial charge is 0.610 e. The Morgan fingerprint density at radius 2 is 1.73 bits per heavy atom. The molecule has 0 spiro atoms. The van der Waals surface area contributed by atoms with E-state index >= 15 is 0 Å². The summed E-state index contributed by atoms with van der Waals surface area (Å²) in [4.78, 5) is -0.824. The lowest BCUT2D eigenvalue weighted by atomic mass is 10.2. The second-order valence-corrected chi connectivity index (χ2v) is 1.95. The lowest BCUT2D eigenvalue weighted by Gasteiger charge is -2.04. The Hall–Kier alpha value is -1.71. The Balaban J connectivity index is 3.04. The Bertz CT molecular complexity index is 264. The molecule has 0 aliphatic heterocycles. The van der Waals surface area contributed by atoms with E-state index in [0.717, 1.165) is 0 Å². The minimum atomic E-state index is -0.824. The van der Waals surface area contributed by atoms with Gasteiger partial charge in [-0.15, -0.1) is 4.90 Å². The molecule has 4 heteroatoms. The van der Waals surface area contributed by atoms with E-state index in [1.54, 1.807) is 18.2 Å². The number of nitrogens with zero attached hydrogens (tertiary/aromatic N) is 1. The SMILES string of the molecule is [O-][N+]([O-])=C(O)c1ccccc1. The van der Waals surface area contributed by atoms with Crippen LogP contribution in [0.3, 0.4) is 0 Å². The number of rotatable bonds is 1. The molecule has 0 unspecified atom stereocenters. The molecule has 0 fully saturated rings. The fourth-order valence-corrected chi connectivity index (χ4v) is 0.693. The van der Waals surface area contributed by atoms with Crippen LogP contribution in [0.15, 0.2) is 30.3 Å². The van der Waals surface area contributed by atoms with Gasteiger partial charge in [-0.1, -0.05) is 18.2 Å². The van der Waals surface area contributed by atoms with E-state index in [1.807, 2.05) is 0 Å². The van der Waals surface area contributed by atoms with Crippen LogP contribution in [0.2, 0.25) is 0 Å². The molecule has 4 nitrogen and oxygen atoms in total. The smallest absolute Gasteiger partial charge is 0.390 e. The molecule has 0 bridgehead atoms. The normalized spacial score (nSPS) is 9.09. The second-order valence-electron chi connectivity index (χ2n) is 1.95. The standard InChI is InChI=1S/C7H6NO3/c9-7(8(10)11)6-4-2-1-3-5-6/h1-5H,(H-,9,10,11)/q-1. The number of hydrogen-bond donors (Lipinski definition) is 1. The highest BCUT2D eigenvalue weighted by Gasteiger charge is 2.04. The summed E-state index contributed by atoms with van der Waals surface area (Å²) in [6.45, 7) is 0. The third-order valence-corrected chi connectivity index (χ3v) is 1.20. The van der Waals surface area contributed by atoms with E-state index in [9.17, 15) is 10.4 Å². The molecule has 0 atom stereocenters. The summed E-state index contributed by atoms with van der Waals surface area (Å²) in [7, 11) is 0. The van der Waals surface area contributed by atoms with E-state index in [0.29, 0.717) is 0 Å².